The number of nitrogens with zero attached hydrogens (tertiary/aromatic N) is 1. The number of hydrogen-bond acceptors (Lipinski definition) is 1. The summed E-state index contributed by atoms with van der Waals surface area (Å²) in [6, 6.07) is 10.3. The Bertz CT molecular complexity index is 684. The van der Waals surface area contributed by atoms with Gasteiger partial charge in [-0.05, 0) is 41.0 Å². The Morgan fingerprint density at radius 1 is 1.11 bits per heavy atom. The Kier molecular flexibility index (Phi) is 2.90. The number of fused-ring (bicyclic) bond motifs is 3. The van der Waals surface area contributed by atoms with Gasteiger partial charge in [0.2, 0.25) is 0 Å². The zero-order chi connectivity index (χ0) is 13.6. The lowest BCUT2D eigenvalue weighted by Gasteiger charge is -2.14. The highest BCUT2D eigenvalue weighted by molar-refractivity contribution is 9.10. The molecule has 96 valence electrons. The number of benzene rings is 2. The Morgan fingerprint density at radius 3 is 2.63 bits per heavy atom. The molecule has 0 atom stereocenters. The van der Waals surface area contributed by atoms with Crippen LogP contribution in [0.25, 0.3) is 11.1 Å². The zero-order valence-corrected chi connectivity index (χ0v) is 11.9. The van der Waals surface area contributed by atoms with E-state index in [0.717, 1.165) is 21.2 Å². The molecule has 1 heterocycles. The topological polar surface area (TPSA) is 20.3 Å². The van der Waals surface area contributed by atoms with E-state index in [9.17, 15) is 9.18 Å². The molecule has 0 aromatic heterocycles. The second-order valence-electron chi connectivity index (χ2n) is 4.65. The number of carbonyl (C=O) groups excluding carboxylic acids is 1. The molecule has 0 saturated heterocycles. The normalized spacial score (nSPS) is 13.8. The van der Waals surface area contributed by atoms with Gasteiger partial charge in [-0.1, -0.05) is 28.1 Å². The van der Waals surface area contributed by atoms with E-state index in [1.165, 1.54) is 12.1 Å². The Morgan fingerprint density at radius 2 is 1.84 bits per heavy atom. The minimum atomic E-state index is -0.278. The second kappa shape index (κ2) is 4.46. The number of rotatable bonds is 0. The summed E-state index contributed by atoms with van der Waals surface area (Å²) in [5.41, 5.74) is 3.24. The molecule has 0 fully saturated rings. The van der Waals surface area contributed by atoms with Crippen molar-refractivity contribution in [3.05, 3.63) is 57.8 Å². The van der Waals surface area contributed by atoms with Crippen molar-refractivity contribution in [1.82, 2.24) is 4.90 Å². The Balaban J connectivity index is 2.32. The maximum Gasteiger partial charge on any atom is 0.254 e. The van der Waals surface area contributed by atoms with Crippen LogP contribution in [-0.2, 0) is 6.54 Å². The highest BCUT2D eigenvalue weighted by atomic mass is 79.9. The summed E-state index contributed by atoms with van der Waals surface area (Å²) in [7, 11) is 1.73. The van der Waals surface area contributed by atoms with Gasteiger partial charge in [-0.2, -0.15) is 0 Å². The number of hydrogen-bond donors (Lipinski definition) is 0. The Hall–Kier alpha value is -1.68. The van der Waals surface area contributed by atoms with Crippen molar-refractivity contribution in [1.29, 1.82) is 0 Å². The molecule has 19 heavy (non-hydrogen) atoms. The van der Waals surface area contributed by atoms with Crippen molar-refractivity contribution < 1.29 is 9.18 Å². The molecular formula is C15H11BrFNO. The molecule has 2 nitrogen and oxygen atoms in total. The van der Waals surface area contributed by atoms with E-state index in [2.05, 4.69) is 15.9 Å². The summed E-state index contributed by atoms with van der Waals surface area (Å²) in [5, 5.41) is 0. The monoisotopic (exact) mass is 319 g/mol. The fraction of sp³-hybridized carbons (Fsp3) is 0.133. The molecule has 0 N–H and O–H groups in total. The molecule has 0 bridgehead atoms. The fourth-order valence-electron chi connectivity index (χ4n) is 2.42. The molecule has 0 spiro atoms. The molecule has 0 aliphatic carbocycles. The lowest BCUT2D eigenvalue weighted by molar-refractivity contribution is 0.0788. The summed E-state index contributed by atoms with van der Waals surface area (Å²) in [5.74, 6) is -0.326. The van der Waals surface area contributed by atoms with Crippen LogP contribution < -0.4 is 0 Å². The predicted molar refractivity (Wildman–Crippen MR) is 75.3 cm³/mol. The Labute approximate surface area is 119 Å². The van der Waals surface area contributed by atoms with Crippen molar-refractivity contribution in [2.75, 3.05) is 7.05 Å². The minimum Gasteiger partial charge on any atom is -0.337 e. The summed E-state index contributed by atoms with van der Waals surface area (Å²) in [6.45, 7) is 0.415. The van der Waals surface area contributed by atoms with Gasteiger partial charge in [0.25, 0.3) is 5.91 Å². The van der Waals surface area contributed by atoms with Crippen LogP contribution in [0.1, 0.15) is 15.9 Å². The van der Waals surface area contributed by atoms with Gasteiger partial charge in [-0.25, -0.2) is 4.39 Å². The van der Waals surface area contributed by atoms with Crippen LogP contribution in [0, 0.1) is 5.82 Å². The first-order valence-corrected chi connectivity index (χ1v) is 6.69. The lowest BCUT2D eigenvalue weighted by Crippen LogP contribution is -2.24. The molecule has 1 aliphatic heterocycles. The third-order valence-electron chi connectivity index (χ3n) is 3.32. The van der Waals surface area contributed by atoms with Crippen LogP contribution in [0.2, 0.25) is 0 Å². The molecule has 0 saturated carbocycles. The molecule has 1 aliphatic rings. The molecule has 0 unspecified atom stereocenters. The summed E-state index contributed by atoms with van der Waals surface area (Å²) < 4.78 is 14.2. The van der Waals surface area contributed by atoms with Crippen molar-refractivity contribution in [3.8, 4) is 11.1 Å². The number of carbonyl (C=O) groups is 1. The van der Waals surface area contributed by atoms with Gasteiger partial charge >= 0.3 is 0 Å². The predicted octanol–water partition coefficient (Wildman–Crippen LogP) is 3.84. The van der Waals surface area contributed by atoms with Gasteiger partial charge in [0.1, 0.15) is 5.82 Å². The average Bonchev–Trinajstić information content (AvgIpc) is 2.47. The van der Waals surface area contributed by atoms with Gasteiger partial charge in [0, 0.05) is 23.6 Å². The number of halogens is 2. The van der Waals surface area contributed by atoms with Crippen molar-refractivity contribution in [2.24, 2.45) is 0 Å². The van der Waals surface area contributed by atoms with Crippen LogP contribution in [0.5, 0.6) is 0 Å². The summed E-state index contributed by atoms with van der Waals surface area (Å²) in [6.07, 6.45) is 0. The van der Waals surface area contributed by atoms with E-state index < -0.39 is 0 Å². The molecule has 3 rings (SSSR count). The standard InChI is InChI=1S/C15H11BrFNO/c1-18-8-9-6-11(17)3-5-12(9)13-4-2-10(16)7-14(13)15(18)19/h2-7H,8H2,1H3. The lowest BCUT2D eigenvalue weighted by atomic mass is 9.96. The van der Waals surface area contributed by atoms with Crippen LogP contribution in [0.15, 0.2) is 40.9 Å². The average molecular weight is 320 g/mol. The van der Waals surface area contributed by atoms with Gasteiger partial charge in [-0.15, -0.1) is 0 Å². The largest absolute Gasteiger partial charge is 0.337 e. The van der Waals surface area contributed by atoms with E-state index >= 15 is 0 Å². The van der Waals surface area contributed by atoms with Crippen LogP contribution in [-0.4, -0.2) is 17.9 Å². The fourth-order valence-corrected chi connectivity index (χ4v) is 2.78. The maximum absolute atomic E-state index is 13.4. The first-order valence-electron chi connectivity index (χ1n) is 5.90. The smallest absolute Gasteiger partial charge is 0.254 e. The van der Waals surface area contributed by atoms with Crippen LogP contribution >= 0.6 is 15.9 Å². The molecule has 2 aromatic carbocycles. The quantitative estimate of drug-likeness (QED) is 0.722. The SMILES string of the molecule is CN1Cc2cc(F)ccc2-c2ccc(Br)cc2C1=O. The van der Waals surface area contributed by atoms with Gasteiger partial charge in [0.15, 0.2) is 0 Å². The van der Waals surface area contributed by atoms with E-state index in [1.54, 1.807) is 18.0 Å². The first kappa shape index (κ1) is 12.4. The molecule has 4 heteroatoms. The minimum absolute atomic E-state index is 0.0482. The third-order valence-corrected chi connectivity index (χ3v) is 3.82. The van der Waals surface area contributed by atoms with Crippen LogP contribution in [0.4, 0.5) is 4.39 Å². The highest BCUT2D eigenvalue weighted by Gasteiger charge is 2.23. The van der Waals surface area contributed by atoms with Crippen molar-refractivity contribution in [2.45, 2.75) is 6.54 Å². The van der Waals surface area contributed by atoms with E-state index in [0.29, 0.717) is 12.1 Å². The summed E-state index contributed by atoms with van der Waals surface area (Å²) >= 11 is 3.38. The van der Waals surface area contributed by atoms with Gasteiger partial charge < -0.3 is 4.90 Å². The van der Waals surface area contributed by atoms with Crippen LogP contribution in [0.3, 0.4) is 0 Å². The first-order chi connectivity index (χ1) is 9.06. The molecule has 1 amide bonds. The summed E-state index contributed by atoms with van der Waals surface area (Å²) in [4.78, 5) is 14.0. The zero-order valence-electron chi connectivity index (χ0n) is 10.3. The molecule has 2 aromatic rings. The van der Waals surface area contributed by atoms with E-state index in [1.807, 2.05) is 18.2 Å². The maximum atomic E-state index is 13.4. The third kappa shape index (κ3) is 2.06. The van der Waals surface area contributed by atoms with Gasteiger partial charge in [0.05, 0.1) is 0 Å². The number of amides is 1. The van der Waals surface area contributed by atoms with Crippen molar-refractivity contribution in [3.63, 3.8) is 0 Å². The van der Waals surface area contributed by atoms with E-state index in [-0.39, 0.29) is 11.7 Å². The second-order valence-corrected chi connectivity index (χ2v) is 5.57. The molecular weight excluding hydrogens is 309 g/mol. The molecule has 0 radical (unpaired) electrons. The van der Waals surface area contributed by atoms with E-state index in [4.69, 9.17) is 0 Å². The highest BCUT2D eigenvalue weighted by Crippen LogP contribution is 2.34. The van der Waals surface area contributed by atoms with Gasteiger partial charge in [-0.3, -0.25) is 4.79 Å². The van der Waals surface area contributed by atoms with Crippen molar-refractivity contribution >= 4 is 21.8 Å².